The van der Waals surface area contributed by atoms with Gasteiger partial charge in [0.2, 0.25) is 65.5 Å². The van der Waals surface area contributed by atoms with E-state index in [0.717, 1.165) is 0 Å². The SMILES string of the molecule is CC(C)C[C@H](NC(=O)CNC(=O)[C@H](Cc1ccc(O)cc1)NC(=O)[C@H](CO)NC(=O)[C@H](Cc1c[nH]c2ccccc12)NC(=O)[C@H](CCC(N)=O)NC=O)C(=O)N[C@@H](CCCN=C(N)N)C(=O)N1CCC[C@H]1C(=O)NCC(N)=O. The van der Waals surface area contributed by atoms with Crippen molar-refractivity contribution >= 4 is 82.3 Å². The number of aliphatic hydroxyl groups is 1. The zero-order valence-electron chi connectivity index (χ0n) is 43.4. The molecule has 28 heteroatoms. The van der Waals surface area contributed by atoms with Crippen LogP contribution in [0, 0.1) is 5.92 Å². The first-order chi connectivity index (χ1) is 37.1. The van der Waals surface area contributed by atoms with E-state index in [2.05, 4.69) is 52.5 Å². The van der Waals surface area contributed by atoms with E-state index in [4.69, 9.17) is 22.9 Å². The van der Waals surface area contributed by atoms with Gasteiger partial charge in [0.25, 0.3) is 0 Å². The number of H-pyrrole nitrogens is 1. The van der Waals surface area contributed by atoms with Crippen molar-refractivity contribution in [1.29, 1.82) is 0 Å². The molecule has 0 bridgehead atoms. The van der Waals surface area contributed by atoms with Gasteiger partial charge in [0.15, 0.2) is 5.96 Å². The third-order valence-corrected chi connectivity index (χ3v) is 12.4. The Hall–Kier alpha value is -8.82. The number of phenols is 1. The van der Waals surface area contributed by atoms with E-state index in [9.17, 15) is 63.0 Å². The Balaban J connectivity index is 1.51. The lowest BCUT2D eigenvalue weighted by Crippen LogP contribution is -2.60. The minimum Gasteiger partial charge on any atom is -0.508 e. The van der Waals surface area contributed by atoms with Crippen molar-refractivity contribution in [2.45, 2.75) is 114 Å². The zero-order valence-corrected chi connectivity index (χ0v) is 43.4. The molecule has 19 N–H and O–H groups in total. The summed E-state index contributed by atoms with van der Waals surface area (Å²) < 4.78 is 0. The molecule has 0 radical (unpaired) electrons. The van der Waals surface area contributed by atoms with E-state index in [0.29, 0.717) is 28.5 Å². The van der Waals surface area contributed by atoms with Gasteiger partial charge in [-0.05, 0) is 73.8 Å². The summed E-state index contributed by atoms with van der Waals surface area (Å²) in [5.74, 6) is -8.71. The lowest BCUT2D eigenvalue weighted by Gasteiger charge is -2.30. The molecule has 0 aliphatic carbocycles. The number of benzene rings is 2. The standard InChI is InChI=1S/C50H71N15O13/c1-27(2)19-35(45(74)61-34(9-5-17-55-50(53)54)49(78)65-18-6-10-39(65)48(77)57-23-41(52)70)60-42(71)24-58-43(72)36(20-28-11-13-30(68)14-12-28)62-47(76)38(25-66)64-46(75)37(21-29-22-56-32-8-4-3-7-31(29)32)63-44(73)33(59-26-67)15-16-40(51)69/h3-4,7-8,11-14,22,26-27,33-39,56,66,68H,5-6,9-10,15-21,23-25H2,1-2H3,(H2,51,69)(H2,52,70)(H,57,77)(H,58,72)(H,59,67)(H,60,71)(H,61,74)(H,62,76)(H,63,73)(H,64,75)(H4,53,54,55)/t33-,34-,35-,36-,37-,38-,39-/m0/s1. The zero-order chi connectivity index (χ0) is 57.5. The number of aliphatic imine (C=N–C) groups is 1. The monoisotopic (exact) mass is 1090 g/mol. The fourth-order valence-corrected chi connectivity index (χ4v) is 8.54. The van der Waals surface area contributed by atoms with Crippen molar-refractivity contribution < 1.29 is 63.0 Å². The van der Waals surface area contributed by atoms with Crippen LogP contribution in [0.2, 0.25) is 0 Å². The number of nitrogens with one attached hydrogen (secondary N) is 9. The molecule has 4 rings (SSSR count). The number of aromatic amines is 1. The van der Waals surface area contributed by atoms with E-state index in [-0.39, 0.29) is 88.5 Å². The number of rotatable bonds is 32. The Morgan fingerprint density at radius 1 is 0.731 bits per heavy atom. The van der Waals surface area contributed by atoms with Gasteiger partial charge in [0.05, 0.1) is 19.7 Å². The second-order valence-electron chi connectivity index (χ2n) is 19.0. The van der Waals surface area contributed by atoms with E-state index >= 15 is 0 Å². The number of aromatic nitrogens is 1. The lowest BCUT2D eigenvalue weighted by molar-refractivity contribution is -0.142. The quantitative estimate of drug-likeness (QED) is 0.0121. The third kappa shape index (κ3) is 19.7. The number of carbonyl (C=O) groups excluding carboxylic acids is 11. The number of likely N-dealkylation sites (tertiary alicyclic amines) is 1. The molecule has 7 atom stereocenters. The summed E-state index contributed by atoms with van der Waals surface area (Å²) >= 11 is 0. The van der Waals surface area contributed by atoms with Crippen molar-refractivity contribution in [2.75, 3.05) is 32.8 Å². The molecular formula is C50H71N15O13. The van der Waals surface area contributed by atoms with E-state index in [1.165, 1.54) is 29.2 Å². The molecule has 1 aromatic heterocycles. The Morgan fingerprint density at radius 2 is 1.36 bits per heavy atom. The number of primary amides is 2. The second kappa shape index (κ2) is 30.7. The van der Waals surface area contributed by atoms with Crippen LogP contribution in [0.3, 0.4) is 0 Å². The van der Waals surface area contributed by atoms with Gasteiger partial charge in [-0.1, -0.05) is 44.2 Å². The maximum Gasteiger partial charge on any atom is 0.245 e. The van der Waals surface area contributed by atoms with Gasteiger partial charge in [-0.3, -0.25) is 57.7 Å². The largest absolute Gasteiger partial charge is 0.508 e. The van der Waals surface area contributed by atoms with Crippen molar-refractivity contribution in [1.82, 2.24) is 52.4 Å². The van der Waals surface area contributed by atoms with Crippen LogP contribution in [0.4, 0.5) is 0 Å². The fraction of sp³-hybridized carbons (Fsp3) is 0.480. The molecule has 2 aromatic carbocycles. The number of nitrogens with zero attached hydrogens (tertiary/aromatic N) is 2. The summed E-state index contributed by atoms with van der Waals surface area (Å²) in [4.78, 5) is 153. The lowest BCUT2D eigenvalue weighted by atomic mass is 10.0. The fourth-order valence-electron chi connectivity index (χ4n) is 8.54. The van der Waals surface area contributed by atoms with Crippen LogP contribution in [-0.2, 0) is 65.6 Å². The van der Waals surface area contributed by atoms with Crippen molar-refractivity contribution in [2.24, 2.45) is 33.8 Å². The third-order valence-electron chi connectivity index (χ3n) is 12.4. The molecule has 11 amide bonds. The van der Waals surface area contributed by atoms with Crippen LogP contribution in [0.1, 0.15) is 69.9 Å². The van der Waals surface area contributed by atoms with Gasteiger partial charge in [0.1, 0.15) is 48.0 Å². The summed E-state index contributed by atoms with van der Waals surface area (Å²) in [7, 11) is 0. The molecule has 0 saturated carbocycles. The van der Waals surface area contributed by atoms with Crippen LogP contribution < -0.4 is 65.5 Å². The maximum atomic E-state index is 14.1. The minimum atomic E-state index is -1.75. The number of guanidine groups is 1. The van der Waals surface area contributed by atoms with Crippen LogP contribution in [0.5, 0.6) is 5.75 Å². The minimum absolute atomic E-state index is 0.0172. The molecule has 78 heavy (non-hydrogen) atoms. The average Bonchev–Trinajstić information content (AvgIpc) is 4.06. The molecular weight excluding hydrogens is 1020 g/mol. The number of hydrogen-bond donors (Lipinski definition) is 15. The van der Waals surface area contributed by atoms with Crippen molar-refractivity contribution in [3.8, 4) is 5.75 Å². The first kappa shape index (κ1) is 61.7. The second-order valence-corrected chi connectivity index (χ2v) is 19.0. The smallest absolute Gasteiger partial charge is 0.245 e. The molecule has 1 aliphatic heterocycles. The molecule has 1 fully saturated rings. The number of hydrogen-bond acceptors (Lipinski definition) is 14. The molecule has 2 heterocycles. The summed E-state index contributed by atoms with van der Waals surface area (Å²) in [5, 5.41) is 41.0. The number of amides is 11. The van der Waals surface area contributed by atoms with Crippen LogP contribution in [-0.4, -0.2) is 167 Å². The highest BCUT2D eigenvalue weighted by atomic mass is 16.3. The van der Waals surface area contributed by atoms with Gasteiger partial charge in [-0.25, -0.2) is 0 Å². The molecule has 1 aliphatic rings. The predicted molar refractivity (Wildman–Crippen MR) is 281 cm³/mol. The first-order valence-corrected chi connectivity index (χ1v) is 25.2. The maximum absolute atomic E-state index is 14.1. The average molecular weight is 1090 g/mol. The molecule has 424 valence electrons. The topological polar surface area (TPSA) is 460 Å². The normalized spacial score (nSPS) is 15.2. The highest BCUT2D eigenvalue weighted by molar-refractivity contribution is 5.98. The van der Waals surface area contributed by atoms with Gasteiger partial charge in [-0.2, -0.15) is 0 Å². The Bertz CT molecular complexity index is 2640. The number of fused-ring (bicyclic) bond motifs is 1. The number of carbonyl (C=O) groups is 11. The van der Waals surface area contributed by atoms with Crippen molar-refractivity contribution in [3.05, 3.63) is 65.9 Å². The Kier molecular flexibility index (Phi) is 24.3. The number of nitrogens with two attached hydrogens (primary N) is 4. The summed E-state index contributed by atoms with van der Waals surface area (Å²) in [6.07, 6.45) is 1.97. The van der Waals surface area contributed by atoms with Crippen LogP contribution in [0.25, 0.3) is 10.9 Å². The van der Waals surface area contributed by atoms with Gasteiger partial charge in [-0.15, -0.1) is 0 Å². The van der Waals surface area contributed by atoms with Crippen molar-refractivity contribution in [3.63, 3.8) is 0 Å². The summed E-state index contributed by atoms with van der Waals surface area (Å²) in [5.41, 5.74) is 23.1. The first-order valence-electron chi connectivity index (χ1n) is 25.2. The van der Waals surface area contributed by atoms with E-state index < -0.39 is 121 Å². The van der Waals surface area contributed by atoms with Gasteiger partial charge < -0.3 is 85.6 Å². The predicted octanol–water partition coefficient (Wildman–Crippen LogP) is -4.74. The molecule has 3 aromatic rings. The molecule has 0 unspecified atom stereocenters. The van der Waals surface area contributed by atoms with Gasteiger partial charge >= 0.3 is 0 Å². The molecule has 28 nitrogen and oxygen atoms in total. The number of para-hydroxylation sites is 1. The number of phenolic OH excluding ortho intramolecular Hbond substituents is 1. The molecule has 1 saturated heterocycles. The number of aliphatic hydroxyl groups excluding tert-OH is 1. The number of aromatic hydroxyl groups is 1. The van der Waals surface area contributed by atoms with Crippen LogP contribution >= 0.6 is 0 Å². The van der Waals surface area contributed by atoms with Crippen LogP contribution in [0.15, 0.2) is 59.7 Å². The van der Waals surface area contributed by atoms with Gasteiger partial charge in [0, 0.05) is 49.5 Å². The summed E-state index contributed by atoms with van der Waals surface area (Å²) in [6, 6.07) is 3.24. The highest BCUT2D eigenvalue weighted by Gasteiger charge is 2.39. The van der Waals surface area contributed by atoms with E-state index in [1.807, 2.05) is 0 Å². The Morgan fingerprint density at radius 3 is 2.00 bits per heavy atom. The molecule has 0 spiro atoms. The Labute approximate surface area is 448 Å². The van der Waals surface area contributed by atoms with E-state index in [1.54, 1.807) is 44.3 Å². The highest BCUT2D eigenvalue weighted by Crippen LogP contribution is 2.22. The summed E-state index contributed by atoms with van der Waals surface area (Å²) in [6.45, 7) is 1.62.